The van der Waals surface area contributed by atoms with Gasteiger partial charge < -0.3 is 19.4 Å². The Labute approximate surface area is 213 Å². The molecule has 1 amide bonds. The Balaban J connectivity index is 1.47. The highest BCUT2D eigenvalue weighted by Gasteiger charge is 2.21. The average Bonchev–Trinajstić information content (AvgIpc) is 3.42. The zero-order valence-electron chi connectivity index (χ0n) is 20.2. The second kappa shape index (κ2) is 11.6. The number of nitriles is 1. The quantitative estimate of drug-likeness (QED) is 0.409. The van der Waals surface area contributed by atoms with Gasteiger partial charge in [-0.05, 0) is 56.4 Å². The van der Waals surface area contributed by atoms with Gasteiger partial charge in [-0.25, -0.2) is 0 Å². The number of amides is 1. The molecule has 8 nitrogen and oxygen atoms in total. The Kier molecular flexibility index (Phi) is 8.31. The number of methoxy groups -OCH3 is 2. The third-order valence-corrected chi connectivity index (χ3v) is 8.22. The van der Waals surface area contributed by atoms with E-state index >= 15 is 0 Å². The normalized spacial score (nSPS) is 13.3. The minimum absolute atomic E-state index is 0.154. The van der Waals surface area contributed by atoms with Crippen molar-refractivity contribution in [2.24, 2.45) is 0 Å². The number of carbonyl (C=O) groups excluding carboxylic acids is 1. The van der Waals surface area contributed by atoms with Crippen LogP contribution in [0, 0.1) is 11.3 Å². The molecule has 0 saturated heterocycles. The number of fused-ring (bicyclic) bond motifs is 1. The number of ether oxygens (including phenoxy) is 2. The first kappa shape index (κ1) is 25.1. The molecule has 0 saturated carbocycles. The number of thiophene rings is 1. The molecular formula is C25H29N5O3S2. The maximum Gasteiger partial charge on any atom is 0.235 e. The van der Waals surface area contributed by atoms with E-state index in [4.69, 9.17) is 9.47 Å². The van der Waals surface area contributed by atoms with E-state index in [1.165, 1.54) is 29.5 Å². The van der Waals surface area contributed by atoms with E-state index in [9.17, 15) is 10.1 Å². The van der Waals surface area contributed by atoms with Crippen molar-refractivity contribution in [3.63, 3.8) is 0 Å². The standard InChI is InChI=1S/C25H29N5O3S2/c1-4-30-23(16-11-12-19(32-2)20(13-16)33-3)28-29-25(30)34-15-22(31)27-24-18(14-26)17-9-7-5-6-8-10-21(17)35-24/h11-13H,4-10,15H2,1-3H3,(H,27,31). The third kappa shape index (κ3) is 5.46. The Hall–Kier alpha value is -3.03. The molecular weight excluding hydrogens is 482 g/mol. The molecule has 0 unspecified atom stereocenters. The molecule has 0 aliphatic heterocycles. The minimum Gasteiger partial charge on any atom is -0.493 e. The van der Waals surface area contributed by atoms with Gasteiger partial charge in [-0.1, -0.05) is 24.6 Å². The fourth-order valence-electron chi connectivity index (χ4n) is 4.29. The van der Waals surface area contributed by atoms with Crippen LogP contribution in [0.1, 0.15) is 48.6 Å². The fourth-order valence-corrected chi connectivity index (χ4v) is 6.35. The second-order valence-corrected chi connectivity index (χ2v) is 10.2. The van der Waals surface area contributed by atoms with Crippen LogP contribution in [0.3, 0.4) is 0 Å². The second-order valence-electron chi connectivity index (χ2n) is 8.19. The molecule has 1 aliphatic carbocycles. The fraction of sp³-hybridized carbons (Fsp3) is 0.440. The highest BCUT2D eigenvalue weighted by molar-refractivity contribution is 7.99. The van der Waals surface area contributed by atoms with Gasteiger partial charge in [0, 0.05) is 17.0 Å². The summed E-state index contributed by atoms with van der Waals surface area (Å²) < 4.78 is 12.7. The van der Waals surface area contributed by atoms with Crippen LogP contribution in [-0.4, -0.2) is 40.6 Å². The number of hydrogen-bond acceptors (Lipinski definition) is 8. The van der Waals surface area contributed by atoms with Crippen molar-refractivity contribution in [1.29, 1.82) is 5.26 Å². The van der Waals surface area contributed by atoms with Crippen LogP contribution in [0.15, 0.2) is 23.4 Å². The lowest BCUT2D eigenvalue weighted by atomic mass is 9.97. The van der Waals surface area contributed by atoms with Crippen LogP contribution >= 0.6 is 23.1 Å². The van der Waals surface area contributed by atoms with Gasteiger partial charge >= 0.3 is 0 Å². The molecule has 0 atom stereocenters. The van der Waals surface area contributed by atoms with Crippen molar-refractivity contribution in [3.8, 4) is 29.0 Å². The molecule has 0 bridgehead atoms. The van der Waals surface area contributed by atoms with Gasteiger partial charge in [0.1, 0.15) is 11.1 Å². The first-order valence-electron chi connectivity index (χ1n) is 11.7. The minimum atomic E-state index is -0.154. The summed E-state index contributed by atoms with van der Waals surface area (Å²) in [5.41, 5.74) is 2.62. The summed E-state index contributed by atoms with van der Waals surface area (Å²) in [5, 5.41) is 22.8. The van der Waals surface area contributed by atoms with Crippen molar-refractivity contribution >= 4 is 34.0 Å². The summed E-state index contributed by atoms with van der Waals surface area (Å²) in [4.78, 5) is 14.1. The lowest BCUT2D eigenvalue weighted by molar-refractivity contribution is -0.113. The van der Waals surface area contributed by atoms with Gasteiger partial charge in [-0.3, -0.25) is 4.79 Å². The number of thioether (sulfide) groups is 1. The van der Waals surface area contributed by atoms with E-state index in [2.05, 4.69) is 21.6 Å². The molecule has 1 aromatic carbocycles. The Bertz CT molecular complexity index is 1240. The Morgan fingerprint density at radius 3 is 2.66 bits per heavy atom. The number of nitrogens with zero attached hydrogens (tertiary/aromatic N) is 4. The zero-order valence-corrected chi connectivity index (χ0v) is 21.9. The van der Waals surface area contributed by atoms with E-state index in [0.29, 0.717) is 39.6 Å². The summed E-state index contributed by atoms with van der Waals surface area (Å²) in [6.07, 6.45) is 6.55. The largest absolute Gasteiger partial charge is 0.493 e. The van der Waals surface area contributed by atoms with Gasteiger partial charge in [-0.2, -0.15) is 5.26 Å². The Morgan fingerprint density at radius 1 is 1.17 bits per heavy atom. The van der Waals surface area contributed by atoms with Gasteiger partial charge in [-0.15, -0.1) is 21.5 Å². The number of hydrogen-bond donors (Lipinski definition) is 1. The van der Waals surface area contributed by atoms with Crippen molar-refractivity contribution < 1.29 is 14.3 Å². The monoisotopic (exact) mass is 511 g/mol. The maximum absolute atomic E-state index is 12.8. The third-order valence-electron chi connectivity index (χ3n) is 6.04. The molecule has 1 aliphatic rings. The summed E-state index contributed by atoms with van der Waals surface area (Å²) >= 11 is 2.89. The predicted octanol–water partition coefficient (Wildman–Crippen LogP) is 5.31. The van der Waals surface area contributed by atoms with Gasteiger partial charge in [0.15, 0.2) is 22.5 Å². The number of nitrogens with one attached hydrogen (secondary N) is 1. The predicted molar refractivity (Wildman–Crippen MR) is 138 cm³/mol. The number of carbonyl (C=O) groups is 1. The molecule has 4 rings (SSSR count). The van der Waals surface area contributed by atoms with Crippen LogP contribution in [0.4, 0.5) is 5.00 Å². The Morgan fingerprint density at radius 2 is 1.94 bits per heavy atom. The molecule has 2 heterocycles. The first-order valence-corrected chi connectivity index (χ1v) is 13.5. The molecule has 0 fully saturated rings. The highest BCUT2D eigenvalue weighted by Crippen LogP contribution is 2.37. The molecule has 0 radical (unpaired) electrons. The van der Waals surface area contributed by atoms with E-state index in [1.54, 1.807) is 25.6 Å². The summed E-state index contributed by atoms with van der Waals surface area (Å²) in [7, 11) is 3.19. The average molecular weight is 512 g/mol. The van der Waals surface area contributed by atoms with Crippen LogP contribution in [0.2, 0.25) is 0 Å². The van der Waals surface area contributed by atoms with E-state index in [1.807, 2.05) is 29.7 Å². The topological polar surface area (TPSA) is 102 Å². The van der Waals surface area contributed by atoms with Crippen LogP contribution in [0.5, 0.6) is 11.5 Å². The number of rotatable bonds is 8. The lowest BCUT2D eigenvalue weighted by Gasteiger charge is -2.11. The van der Waals surface area contributed by atoms with Crippen LogP contribution < -0.4 is 14.8 Å². The van der Waals surface area contributed by atoms with Crippen LogP contribution in [0.25, 0.3) is 11.4 Å². The molecule has 2 aromatic heterocycles. The number of anilines is 1. The highest BCUT2D eigenvalue weighted by atomic mass is 32.2. The van der Waals surface area contributed by atoms with Crippen LogP contribution in [-0.2, 0) is 24.2 Å². The number of benzene rings is 1. The van der Waals surface area contributed by atoms with Crippen molar-refractivity contribution in [2.75, 3.05) is 25.3 Å². The first-order chi connectivity index (χ1) is 17.1. The number of aromatic nitrogens is 3. The van der Waals surface area contributed by atoms with E-state index in [0.717, 1.165) is 36.8 Å². The molecule has 35 heavy (non-hydrogen) atoms. The number of aryl methyl sites for hydroxylation is 1. The molecule has 0 spiro atoms. The van der Waals surface area contributed by atoms with E-state index in [-0.39, 0.29) is 11.7 Å². The smallest absolute Gasteiger partial charge is 0.235 e. The summed E-state index contributed by atoms with van der Waals surface area (Å²) in [5.74, 6) is 1.98. The van der Waals surface area contributed by atoms with Gasteiger partial charge in [0.2, 0.25) is 5.91 Å². The molecule has 1 N–H and O–H groups in total. The lowest BCUT2D eigenvalue weighted by Crippen LogP contribution is -2.14. The van der Waals surface area contributed by atoms with Gasteiger partial charge in [0.25, 0.3) is 0 Å². The molecule has 184 valence electrons. The SMILES string of the molecule is CCn1c(SCC(=O)Nc2sc3c(c2C#N)CCCCCC3)nnc1-c1ccc(OC)c(OC)c1. The molecule has 10 heteroatoms. The van der Waals surface area contributed by atoms with E-state index < -0.39 is 0 Å². The zero-order chi connectivity index (χ0) is 24.8. The van der Waals surface area contributed by atoms with Crippen molar-refractivity contribution in [3.05, 3.63) is 34.2 Å². The van der Waals surface area contributed by atoms with Crippen molar-refractivity contribution in [1.82, 2.24) is 14.8 Å². The van der Waals surface area contributed by atoms with Crippen molar-refractivity contribution in [2.45, 2.75) is 57.1 Å². The molecule has 3 aromatic rings. The maximum atomic E-state index is 12.8. The van der Waals surface area contributed by atoms with Gasteiger partial charge in [0.05, 0.1) is 25.5 Å². The summed E-state index contributed by atoms with van der Waals surface area (Å²) in [6, 6.07) is 7.94. The summed E-state index contributed by atoms with van der Waals surface area (Å²) in [6.45, 7) is 2.66.